The first kappa shape index (κ1) is 13.8. The zero-order valence-electron chi connectivity index (χ0n) is 11.8. The summed E-state index contributed by atoms with van der Waals surface area (Å²) in [5.74, 6) is 3.24. The van der Waals surface area contributed by atoms with Gasteiger partial charge in [-0.3, -0.25) is 0 Å². The van der Waals surface area contributed by atoms with Crippen molar-refractivity contribution in [2.45, 2.75) is 12.4 Å². The van der Waals surface area contributed by atoms with E-state index in [1.807, 2.05) is 28.8 Å². The topological polar surface area (TPSA) is 49.4 Å². The van der Waals surface area contributed by atoms with Gasteiger partial charge in [0.15, 0.2) is 11.5 Å². The summed E-state index contributed by atoms with van der Waals surface area (Å²) in [5.41, 5.74) is 1.74. The summed E-state index contributed by atoms with van der Waals surface area (Å²) < 4.78 is 18.1. The number of imidazole rings is 1. The molecule has 0 bridgehead atoms. The molecule has 0 saturated heterocycles. The molecule has 2 aromatic heterocycles. The summed E-state index contributed by atoms with van der Waals surface area (Å²) in [6.45, 7) is 0.570. The predicted octanol–water partition coefficient (Wildman–Crippen LogP) is 3.43. The maximum Gasteiger partial charge on any atom is 0.163 e. The molecule has 1 aromatic carbocycles. The number of ether oxygens (including phenoxy) is 2. The molecule has 0 aliphatic carbocycles. The van der Waals surface area contributed by atoms with Crippen LogP contribution in [-0.2, 0) is 12.4 Å². The highest BCUT2D eigenvalue weighted by molar-refractivity contribution is 6.16. The van der Waals surface area contributed by atoms with Crippen LogP contribution < -0.4 is 9.47 Å². The van der Waals surface area contributed by atoms with Crippen LogP contribution >= 0.6 is 11.6 Å². The zero-order chi connectivity index (χ0) is 14.8. The third kappa shape index (κ3) is 2.45. The lowest BCUT2D eigenvalue weighted by Crippen LogP contribution is -2.03. The van der Waals surface area contributed by atoms with Gasteiger partial charge in [0.05, 0.1) is 43.9 Å². The van der Waals surface area contributed by atoms with E-state index in [1.54, 1.807) is 20.5 Å². The summed E-state index contributed by atoms with van der Waals surface area (Å²) >= 11 is 6.01. The molecule has 3 rings (SSSR count). The van der Waals surface area contributed by atoms with Crippen molar-refractivity contribution in [1.82, 2.24) is 9.55 Å². The molecule has 0 unspecified atom stereocenters. The van der Waals surface area contributed by atoms with Crippen LogP contribution in [-0.4, -0.2) is 23.8 Å². The second kappa shape index (κ2) is 5.69. The summed E-state index contributed by atoms with van der Waals surface area (Å²) in [4.78, 5) is 4.55. The van der Waals surface area contributed by atoms with Gasteiger partial charge in [0.25, 0.3) is 0 Å². The minimum atomic E-state index is 0.319. The molecule has 3 aromatic rings. The Labute approximate surface area is 127 Å². The first-order valence-corrected chi connectivity index (χ1v) is 6.99. The van der Waals surface area contributed by atoms with Crippen molar-refractivity contribution in [3.05, 3.63) is 42.1 Å². The van der Waals surface area contributed by atoms with Crippen LogP contribution in [0.15, 0.2) is 34.9 Å². The van der Waals surface area contributed by atoms with Crippen LogP contribution in [0, 0.1) is 0 Å². The molecule has 0 atom stereocenters. The van der Waals surface area contributed by atoms with Gasteiger partial charge in [-0.25, -0.2) is 4.98 Å². The van der Waals surface area contributed by atoms with E-state index in [1.165, 1.54) is 0 Å². The Kier molecular flexibility index (Phi) is 3.75. The molecule has 0 amide bonds. The number of hydrogen-bond donors (Lipinski definition) is 0. The van der Waals surface area contributed by atoms with Crippen molar-refractivity contribution >= 4 is 22.6 Å². The van der Waals surface area contributed by atoms with Gasteiger partial charge >= 0.3 is 0 Å². The van der Waals surface area contributed by atoms with Gasteiger partial charge in [-0.1, -0.05) is 0 Å². The Morgan fingerprint density at radius 3 is 2.62 bits per heavy atom. The monoisotopic (exact) mass is 306 g/mol. The molecule has 0 spiro atoms. The standard InChI is InChI=1S/C15H15ClN2O3/c1-19-13-6-11-12(7-14(13)20-2)18(15(8-16)17-11)9-10-4-3-5-21-10/h3-7H,8-9H2,1-2H3. The molecule has 0 saturated carbocycles. The van der Waals surface area contributed by atoms with Crippen LogP contribution in [0.4, 0.5) is 0 Å². The Morgan fingerprint density at radius 2 is 2.00 bits per heavy atom. The van der Waals surface area contributed by atoms with Gasteiger partial charge < -0.3 is 18.5 Å². The molecule has 5 nitrogen and oxygen atoms in total. The van der Waals surface area contributed by atoms with E-state index in [-0.39, 0.29) is 0 Å². The minimum absolute atomic E-state index is 0.319. The maximum atomic E-state index is 6.01. The SMILES string of the molecule is COc1cc2nc(CCl)n(Cc3ccco3)c2cc1OC. The van der Waals surface area contributed by atoms with E-state index in [0.717, 1.165) is 22.6 Å². The Morgan fingerprint density at radius 1 is 1.24 bits per heavy atom. The molecule has 2 heterocycles. The molecule has 0 fully saturated rings. The average molecular weight is 307 g/mol. The fourth-order valence-corrected chi connectivity index (χ4v) is 2.54. The lowest BCUT2D eigenvalue weighted by molar-refractivity contribution is 0.355. The van der Waals surface area contributed by atoms with Crippen molar-refractivity contribution < 1.29 is 13.9 Å². The van der Waals surface area contributed by atoms with E-state index in [4.69, 9.17) is 25.5 Å². The molecule has 21 heavy (non-hydrogen) atoms. The van der Waals surface area contributed by atoms with Crippen LogP contribution in [0.2, 0.25) is 0 Å². The zero-order valence-corrected chi connectivity index (χ0v) is 12.6. The molecular formula is C15H15ClN2O3. The van der Waals surface area contributed by atoms with Crippen LogP contribution in [0.5, 0.6) is 11.5 Å². The molecule has 0 aliphatic rings. The van der Waals surface area contributed by atoms with Crippen molar-refractivity contribution in [1.29, 1.82) is 0 Å². The van der Waals surface area contributed by atoms with Gasteiger partial charge in [-0.15, -0.1) is 11.6 Å². The summed E-state index contributed by atoms with van der Waals surface area (Å²) in [5, 5.41) is 0. The van der Waals surface area contributed by atoms with E-state index in [2.05, 4.69) is 4.98 Å². The van der Waals surface area contributed by atoms with Gasteiger partial charge in [0, 0.05) is 12.1 Å². The van der Waals surface area contributed by atoms with E-state index >= 15 is 0 Å². The van der Waals surface area contributed by atoms with Crippen LogP contribution in [0.1, 0.15) is 11.6 Å². The van der Waals surface area contributed by atoms with Crippen LogP contribution in [0.3, 0.4) is 0 Å². The highest BCUT2D eigenvalue weighted by atomic mass is 35.5. The third-order valence-corrected chi connectivity index (χ3v) is 3.59. The molecule has 110 valence electrons. The van der Waals surface area contributed by atoms with Gasteiger partial charge in [0.1, 0.15) is 11.6 Å². The Hall–Kier alpha value is -2.14. The lowest BCUT2D eigenvalue weighted by Gasteiger charge is -2.09. The number of rotatable bonds is 5. The average Bonchev–Trinajstić information content (AvgIpc) is 3.14. The number of fused-ring (bicyclic) bond motifs is 1. The molecule has 6 heteroatoms. The van der Waals surface area contributed by atoms with Gasteiger partial charge in [-0.05, 0) is 12.1 Å². The smallest absolute Gasteiger partial charge is 0.163 e. The molecular weight excluding hydrogens is 292 g/mol. The lowest BCUT2D eigenvalue weighted by atomic mass is 10.2. The number of alkyl halides is 1. The second-order valence-corrected chi connectivity index (χ2v) is 4.79. The summed E-state index contributed by atoms with van der Waals surface area (Å²) in [6.07, 6.45) is 1.65. The Bertz CT molecular complexity index is 750. The number of halogens is 1. The fraction of sp³-hybridized carbons (Fsp3) is 0.267. The number of benzene rings is 1. The van der Waals surface area contributed by atoms with Crippen molar-refractivity contribution in [3.63, 3.8) is 0 Å². The molecule has 0 aliphatic heterocycles. The number of furan rings is 1. The van der Waals surface area contributed by atoms with Gasteiger partial charge in [0.2, 0.25) is 0 Å². The Balaban J connectivity index is 2.16. The first-order valence-electron chi connectivity index (χ1n) is 6.46. The minimum Gasteiger partial charge on any atom is -0.493 e. The van der Waals surface area contributed by atoms with Crippen LogP contribution in [0.25, 0.3) is 11.0 Å². The van der Waals surface area contributed by atoms with E-state index in [0.29, 0.717) is 23.9 Å². The number of aromatic nitrogens is 2. The van der Waals surface area contributed by atoms with Gasteiger partial charge in [-0.2, -0.15) is 0 Å². The largest absolute Gasteiger partial charge is 0.493 e. The number of hydrogen-bond acceptors (Lipinski definition) is 4. The first-order chi connectivity index (χ1) is 10.3. The fourth-order valence-electron chi connectivity index (χ4n) is 2.34. The van der Waals surface area contributed by atoms with Crippen molar-refractivity contribution in [2.24, 2.45) is 0 Å². The third-order valence-electron chi connectivity index (χ3n) is 3.35. The van der Waals surface area contributed by atoms with E-state index in [9.17, 15) is 0 Å². The predicted molar refractivity (Wildman–Crippen MR) is 80.2 cm³/mol. The highest BCUT2D eigenvalue weighted by Gasteiger charge is 2.15. The molecule has 0 N–H and O–H groups in total. The normalized spacial score (nSPS) is 11.0. The summed E-state index contributed by atoms with van der Waals surface area (Å²) in [6, 6.07) is 7.53. The number of methoxy groups -OCH3 is 2. The summed E-state index contributed by atoms with van der Waals surface area (Å²) in [7, 11) is 3.21. The maximum absolute atomic E-state index is 6.01. The molecule has 0 radical (unpaired) electrons. The second-order valence-electron chi connectivity index (χ2n) is 4.52. The van der Waals surface area contributed by atoms with Crippen molar-refractivity contribution in [3.8, 4) is 11.5 Å². The van der Waals surface area contributed by atoms with Crippen molar-refractivity contribution in [2.75, 3.05) is 14.2 Å². The number of nitrogens with zero attached hydrogens (tertiary/aromatic N) is 2. The van der Waals surface area contributed by atoms with E-state index < -0.39 is 0 Å². The quantitative estimate of drug-likeness (QED) is 0.678. The highest BCUT2D eigenvalue weighted by Crippen LogP contribution is 2.33.